The zero-order chi connectivity index (χ0) is 20.0. The fraction of sp³-hybridized carbons (Fsp3) is 0.278. The molecule has 0 aliphatic rings. The van der Waals surface area contributed by atoms with Crippen LogP contribution < -0.4 is 16.9 Å². The average molecular weight is 381 g/mol. The van der Waals surface area contributed by atoms with E-state index < -0.39 is 17.8 Å². The van der Waals surface area contributed by atoms with Gasteiger partial charge >= 0.3 is 6.18 Å². The summed E-state index contributed by atoms with van der Waals surface area (Å²) in [6.45, 7) is 1.93. The molecule has 2 rings (SSSR count). The van der Waals surface area contributed by atoms with E-state index in [4.69, 9.17) is 11.6 Å². The fourth-order valence-corrected chi connectivity index (χ4v) is 2.29. The van der Waals surface area contributed by atoms with E-state index in [0.29, 0.717) is 23.4 Å². The number of rotatable bonds is 7. The summed E-state index contributed by atoms with van der Waals surface area (Å²) in [5, 5.41) is 17.7. The Morgan fingerprint density at radius 3 is 2.41 bits per heavy atom. The Hall–Kier alpha value is -2.78. The second-order valence-electron chi connectivity index (χ2n) is 5.92. The van der Waals surface area contributed by atoms with Crippen molar-refractivity contribution in [1.82, 2.24) is 5.12 Å². The van der Waals surface area contributed by atoms with Crippen molar-refractivity contribution in [2.75, 3.05) is 11.9 Å². The molecule has 0 bridgehead atoms. The van der Waals surface area contributed by atoms with E-state index in [1.165, 1.54) is 12.1 Å². The number of para-hydroxylation sites is 1. The van der Waals surface area contributed by atoms with Gasteiger partial charge < -0.3 is 16.2 Å². The number of nitrogens with zero attached hydrogens (tertiary/aromatic N) is 2. The van der Waals surface area contributed by atoms with Crippen LogP contribution in [0.1, 0.15) is 24.5 Å². The number of anilines is 2. The third-order valence-electron chi connectivity index (χ3n) is 3.80. The Labute approximate surface area is 155 Å². The molecule has 0 aliphatic heterocycles. The minimum absolute atomic E-state index is 0.107. The van der Waals surface area contributed by atoms with E-state index in [0.717, 1.165) is 17.3 Å². The summed E-state index contributed by atoms with van der Waals surface area (Å²) in [6.07, 6.45) is -4.50. The second-order valence-corrected chi connectivity index (χ2v) is 5.92. The largest absolute Gasteiger partial charge is 0.416 e. The molecule has 2 aromatic rings. The SMILES string of the molecule is CCC(O)CN(N)/N=C(\N)c1ccccc1Nc1ccc(C(F)(F)F)cc1. The van der Waals surface area contributed by atoms with Crippen molar-refractivity contribution in [3.05, 3.63) is 59.7 Å². The van der Waals surface area contributed by atoms with E-state index >= 15 is 0 Å². The van der Waals surface area contributed by atoms with Gasteiger partial charge in [0.05, 0.1) is 18.2 Å². The molecule has 0 amide bonds. The molecule has 1 unspecified atom stereocenters. The minimum Gasteiger partial charge on any atom is -0.391 e. The van der Waals surface area contributed by atoms with Crippen molar-refractivity contribution in [1.29, 1.82) is 0 Å². The van der Waals surface area contributed by atoms with Crippen LogP contribution in [0, 0.1) is 0 Å². The van der Waals surface area contributed by atoms with Crippen molar-refractivity contribution < 1.29 is 18.3 Å². The van der Waals surface area contributed by atoms with Gasteiger partial charge in [0.1, 0.15) is 0 Å². The molecule has 9 heteroatoms. The first-order chi connectivity index (χ1) is 12.7. The maximum Gasteiger partial charge on any atom is 0.416 e. The Balaban J connectivity index is 2.20. The number of hydrogen-bond donors (Lipinski definition) is 4. The van der Waals surface area contributed by atoms with Crippen LogP contribution in [0.4, 0.5) is 24.5 Å². The molecule has 0 fully saturated rings. The number of hydrogen-bond acceptors (Lipinski definition) is 5. The molecular weight excluding hydrogens is 359 g/mol. The van der Waals surface area contributed by atoms with E-state index in [2.05, 4.69) is 10.4 Å². The topological polar surface area (TPSA) is 99.9 Å². The quantitative estimate of drug-likeness (QED) is 0.256. The second kappa shape index (κ2) is 8.74. The number of alkyl halides is 3. The molecule has 0 aromatic heterocycles. The third-order valence-corrected chi connectivity index (χ3v) is 3.80. The molecule has 1 atom stereocenters. The van der Waals surface area contributed by atoms with Gasteiger partial charge in [-0.05, 0) is 42.8 Å². The predicted octanol–water partition coefficient (Wildman–Crippen LogP) is 3.02. The third kappa shape index (κ3) is 5.87. The molecule has 6 N–H and O–H groups in total. The first-order valence-electron chi connectivity index (χ1n) is 8.28. The minimum atomic E-state index is -4.39. The highest BCUT2D eigenvalue weighted by molar-refractivity contribution is 6.02. The lowest BCUT2D eigenvalue weighted by molar-refractivity contribution is -0.137. The van der Waals surface area contributed by atoms with Crippen LogP contribution in [-0.4, -0.2) is 28.7 Å². The zero-order valence-corrected chi connectivity index (χ0v) is 14.7. The lowest BCUT2D eigenvalue weighted by Gasteiger charge is -2.18. The summed E-state index contributed by atoms with van der Waals surface area (Å²) in [5.41, 5.74) is 6.83. The van der Waals surface area contributed by atoms with Gasteiger partial charge in [-0.2, -0.15) is 13.2 Å². The highest BCUT2D eigenvalue weighted by Gasteiger charge is 2.29. The normalized spacial score (nSPS) is 13.3. The molecule has 0 spiro atoms. The lowest BCUT2D eigenvalue weighted by Crippen LogP contribution is -2.35. The van der Waals surface area contributed by atoms with Crippen molar-refractivity contribution in [2.45, 2.75) is 25.6 Å². The summed E-state index contributed by atoms with van der Waals surface area (Å²) in [4.78, 5) is 0. The van der Waals surface area contributed by atoms with Crippen LogP contribution >= 0.6 is 0 Å². The maximum absolute atomic E-state index is 12.7. The van der Waals surface area contributed by atoms with Crippen molar-refractivity contribution in [3.63, 3.8) is 0 Å². The van der Waals surface area contributed by atoms with E-state index in [1.807, 2.05) is 6.92 Å². The number of amidine groups is 1. The molecular formula is C18H22F3N5O. The van der Waals surface area contributed by atoms with Crippen LogP contribution in [0.15, 0.2) is 53.6 Å². The van der Waals surface area contributed by atoms with Crippen molar-refractivity contribution in [3.8, 4) is 0 Å². The van der Waals surface area contributed by atoms with Crippen molar-refractivity contribution >= 4 is 17.2 Å². The first kappa shape index (κ1) is 20.5. The molecule has 0 saturated heterocycles. The van der Waals surface area contributed by atoms with Gasteiger partial charge in [-0.25, -0.2) is 11.0 Å². The Morgan fingerprint density at radius 1 is 1.19 bits per heavy atom. The monoisotopic (exact) mass is 381 g/mol. The van der Waals surface area contributed by atoms with E-state index in [1.54, 1.807) is 24.3 Å². The van der Waals surface area contributed by atoms with Gasteiger partial charge in [0.25, 0.3) is 0 Å². The van der Waals surface area contributed by atoms with Gasteiger partial charge in [0.2, 0.25) is 0 Å². The molecule has 0 aliphatic carbocycles. The average Bonchev–Trinajstić information content (AvgIpc) is 2.61. The van der Waals surface area contributed by atoms with Crippen LogP contribution in [0.2, 0.25) is 0 Å². The van der Waals surface area contributed by atoms with Gasteiger partial charge in [-0.1, -0.05) is 19.1 Å². The maximum atomic E-state index is 12.7. The van der Waals surface area contributed by atoms with Crippen LogP contribution in [0.25, 0.3) is 0 Å². The van der Waals surface area contributed by atoms with Crippen molar-refractivity contribution in [2.24, 2.45) is 16.7 Å². The van der Waals surface area contributed by atoms with Gasteiger partial charge in [0.15, 0.2) is 5.84 Å². The molecule has 0 radical (unpaired) electrons. The fourth-order valence-electron chi connectivity index (χ4n) is 2.29. The highest BCUT2D eigenvalue weighted by atomic mass is 19.4. The van der Waals surface area contributed by atoms with Gasteiger partial charge in [0, 0.05) is 16.9 Å². The zero-order valence-electron chi connectivity index (χ0n) is 14.7. The number of aliphatic hydroxyl groups is 1. The molecule has 6 nitrogen and oxygen atoms in total. The molecule has 0 saturated carbocycles. The lowest BCUT2D eigenvalue weighted by atomic mass is 10.1. The Kier molecular flexibility index (Phi) is 6.65. The van der Waals surface area contributed by atoms with Gasteiger partial charge in [-0.3, -0.25) is 0 Å². The predicted molar refractivity (Wildman–Crippen MR) is 99.1 cm³/mol. The summed E-state index contributed by atoms with van der Waals surface area (Å²) >= 11 is 0. The number of halogens is 3. The van der Waals surface area contributed by atoms with Crippen LogP contribution in [-0.2, 0) is 6.18 Å². The molecule has 146 valence electrons. The number of nitrogens with one attached hydrogen (secondary N) is 1. The van der Waals surface area contributed by atoms with E-state index in [9.17, 15) is 18.3 Å². The smallest absolute Gasteiger partial charge is 0.391 e. The Bertz CT molecular complexity index is 777. The first-order valence-corrected chi connectivity index (χ1v) is 8.28. The summed E-state index contributed by atoms with van der Waals surface area (Å²) in [5.74, 6) is 5.83. The molecule has 0 heterocycles. The highest BCUT2D eigenvalue weighted by Crippen LogP contribution is 2.30. The van der Waals surface area contributed by atoms with E-state index in [-0.39, 0.29) is 12.4 Å². The van der Waals surface area contributed by atoms with Crippen LogP contribution in [0.5, 0.6) is 0 Å². The number of hydrazone groups is 1. The summed E-state index contributed by atoms with van der Waals surface area (Å²) in [7, 11) is 0. The standard InChI is InChI=1S/C18H22F3N5O/c1-2-14(27)11-26(23)25-17(22)15-5-3-4-6-16(15)24-13-9-7-12(8-10-13)18(19,20)21/h3-10,14,24,27H,2,11,23H2,1H3,(H2,22,25). The number of benzene rings is 2. The number of nitrogens with two attached hydrogens (primary N) is 2. The van der Waals surface area contributed by atoms with Crippen LogP contribution in [0.3, 0.4) is 0 Å². The number of hydrazine groups is 1. The molecule has 2 aromatic carbocycles. The summed E-state index contributed by atoms with van der Waals surface area (Å²) in [6, 6.07) is 11.6. The number of aliphatic hydroxyl groups excluding tert-OH is 1. The Morgan fingerprint density at radius 2 is 1.81 bits per heavy atom. The molecule has 27 heavy (non-hydrogen) atoms. The van der Waals surface area contributed by atoms with Gasteiger partial charge in [-0.15, -0.1) is 5.10 Å². The summed E-state index contributed by atoms with van der Waals surface area (Å²) < 4.78 is 38.0.